The van der Waals surface area contributed by atoms with Gasteiger partial charge >= 0.3 is 0 Å². The van der Waals surface area contributed by atoms with Crippen LogP contribution in [0.2, 0.25) is 0 Å². The van der Waals surface area contributed by atoms with Crippen molar-refractivity contribution >= 4 is 12.3 Å². The molecule has 24 heavy (non-hydrogen) atoms. The topological polar surface area (TPSA) is 61.4 Å². The molecular formula is C19H29N3O2. The number of carbonyl (C=O) groups excluding carboxylic acids is 2. The SMILES string of the molecule is O=CNC1CC/C=C\C/C(CN2CCCCC2)=C\C=C\NC(=O)C1. The van der Waals surface area contributed by atoms with E-state index >= 15 is 0 Å². The quantitative estimate of drug-likeness (QED) is 0.614. The van der Waals surface area contributed by atoms with E-state index in [9.17, 15) is 9.59 Å². The summed E-state index contributed by atoms with van der Waals surface area (Å²) >= 11 is 0. The molecule has 2 heterocycles. The molecule has 132 valence electrons. The van der Waals surface area contributed by atoms with Crippen LogP contribution in [0.5, 0.6) is 0 Å². The second-order valence-corrected chi connectivity index (χ2v) is 6.53. The predicted octanol–water partition coefficient (Wildman–Crippen LogP) is 2.27. The lowest BCUT2D eigenvalue weighted by Crippen LogP contribution is -2.33. The highest BCUT2D eigenvalue weighted by Crippen LogP contribution is 2.14. The fraction of sp³-hybridized carbons (Fsp3) is 0.579. The summed E-state index contributed by atoms with van der Waals surface area (Å²) in [6.45, 7) is 3.36. The summed E-state index contributed by atoms with van der Waals surface area (Å²) in [6.07, 6.45) is 17.5. The van der Waals surface area contributed by atoms with E-state index in [-0.39, 0.29) is 11.9 Å². The Morgan fingerprint density at radius 1 is 1.25 bits per heavy atom. The average Bonchev–Trinajstić information content (AvgIpc) is 2.60. The molecule has 0 aromatic heterocycles. The van der Waals surface area contributed by atoms with Crippen molar-refractivity contribution in [3.63, 3.8) is 0 Å². The summed E-state index contributed by atoms with van der Waals surface area (Å²) in [5.74, 6) is -0.0696. The maximum absolute atomic E-state index is 11.9. The molecule has 1 atom stereocenters. The van der Waals surface area contributed by atoms with E-state index in [4.69, 9.17) is 0 Å². The first-order chi connectivity index (χ1) is 11.8. The van der Waals surface area contributed by atoms with Crippen LogP contribution in [0.15, 0.2) is 36.1 Å². The van der Waals surface area contributed by atoms with Gasteiger partial charge in [-0.05, 0) is 51.3 Å². The Balaban J connectivity index is 1.96. The summed E-state index contributed by atoms with van der Waals surface area (Å²) in [6, 6.07) is -0.109. The van der Waals surface area contributed by atoms with Crippen molar-refractivity contribution in [2.24, 2.45) is 0 Å². The lowest BCUT2D eigenvalue weighted by atomic mass is 10.1. The number of nitrogens with zero attached hydrogens (tertiary/aromatic N) is 1. The molecule has 2 amide bonds. The second kappa shape index (κ2) is 10.8. The fourth-order valence-electron chi connectivity index (χ4n) is 3.19. The van der Waals surface area contributed by atoms with Crippen LogP contribution in [0.1, 0.15) is 44.9 Å². The Hall–Kier alpha value is -1.88. The first kappa shape index (κ1) is 18.5. The molecule has 0 aromatic rings. The van der Waals surface area contributed by atoms with Crippen molar-refractivity contribution in [3.8, 4) is 0 Å². The van der Waals surface area contributed by atoms with Crippen LogP contribution in [0, 0.1) is 0 Å². The number of carbonyl (C=O) groups is 2. The number of nitrogens with one attached hydrogen (secondary N) is 2. The maximum Gasteiger partial charge on any atom is 0.225 e. The maximum atomic E-state index is 11.9. The van der Waals surface area contributed by atoms with Crippen molar-refractivity contribution in [2.45, 2.75) is 51.0 Å². The van der Waals surface area contributed by atoms with Crippen molar-refractivity contribution in [2.75, 3.05) is 19.6 Å². The first-order valence-electron chi connectivity index (χ1n) is 8.99. The lowest BCUT2D eigenvalue weighted by molar-refractivity contribution is -0.120. The van der Waals surface area contributed by atoms with Gasteiger partial charge in [0, 0.05) is 25.2 Å². The summed E-state index contributed by atoms with van der Waals surface area (Å²) in [7, 11) is 0. The molecule has 0 radical (unpaired) electrons. The molecule has 0 aromatic carbocycles. The van der Waals surface area contributed by atoms with E-state index < -0.39 is 0 Å². The van der Waals surface area contributed by atoms with Gasteiger partial charge in [-0.1, -0.05) is 30.2 Å². The third-order valence-corrected chi connectivity index (χ3v) is 4.51. The Morgan fingerprint density at radius 2 is 2.08 bits per heavy atom. The number of allylic oxidation sites excluding steroid dienone is 4. The zero-order chi connectivity index (χ0) is 17.0. The van der Waals surface area contributed by atoms with Gasteiger partial charge in [-0.3, -0.25) is 14.5 Å². The number of hydrogen-bond donors (Lipinski definition) is 2. The zero-order valence-electron chi connectivity index (χ0n) is 14.4. The number of rotatable bonds is 4. The van der Waals surface area contributed by atoms with Crippen LogP contribution in [-0.4, -0.2) is 42.9 Å². The van der Waals surface area contributed by atoms with E-state index in [1.165, 1.54) is 37.9 Å². The molecule has 0 bridgehead atoms. The summed E-state index contributed by atoms with van der Waals surface area (Å²) in [5.41, 5.74) is 1.36. The van der Waals surface area contributed by atoms with Crippen molar-refractivity contribution in [1.29, 1.82) is 0 Å². The molecule has 0 aliphatic carbocycles. The van der Waals surface area contributed by atoms with Gasteiger partial charge in [0.15, 0.2) is 0 Å². The van der Waals surface area contributed by atoms with Crippen LogP contribution in [-0.2, 0) is 9.59 Å². The van der Waals surface area contributed by atoms with Crippen LogP contribution in [0.4, 0.5) is 0 Å². The van der Waals surface area contributed by atoms with Crippen LogP contribution >= 0.6 is 0 Å². The zero-order valence-corrected chi connectivity index (χ0v) is 14.4. The lowest BCUT2D eigenvalue weighted by Gasteiger charge is -2.27. The van der Waals surface area contributed by atoms with Gasteiger partial charge in [0.2, 0.25) is 12.3 Å². The smallest absolute Gasteiger partial charge is 0.225 e. The standard InChI is InChI=1S/C19H29N3O2/c23-16-21-18-10-4-1-3-8-17(9-7-11-20-19(24)14-18)15-22-12-5-2-6-13-22/h1,3,7,9,11,16,18H,2,4-6,8,10,12-15H2,(H,20,24)(H,21,23)/b3-1-,11-7+,17-9+. The Labute approximate surface area is 144 Å². The molecule has 2 aliphatic heterocycles. The van der Waals surface area contributed by atoms with Crippen LogP contribution < -0.4 is 10.6 Å². The third kappa shape index (κ3) is 7.13. The summed E-state index contributed by atoms with van der Waals surface area (Å²) in [5, 5.41) is 5.51. The minimum absolute atomic E-state index is 0.0696. The van der Waals surface area contributed by atoms with E-state index in [0.717, 1.165) is 25.8 Å². The molecular weight excluding hydrogens is 302 g/mol. The molecule has 2 rings (SSSR count). The molecule has 1 fully saturated rings. The van der Waals surface area contributed by atoms with Gasteiger partial charge in [-0.25, -0.2) is 0 Å². The van der Waals surface area contributed by atoms with E-state index in [0.29, 0.717) is 12.8 Å². The Bertz CT molecular complexity index is 491. The Morgan fingerprint density at radius 3 is 2.88 bits per heavy atom. The molecule has 1 saturated heterocycles. The molecule has 5 heteroatoms. The molecule has 0 spiro atoms. The van der Waals surface area contributed by atoms with Gasteiger partial charge in [0.1, 0.15) is 0 Å². The third-order valence-electron chi connectivity index (χ3n) is 4.51. The van der Waals surface area contributed by atoms with Crippen LogP contribution in [0.3, 0.4) is 0 Å². The number of likely N-dealkylation sites (tertiary alicyclic amines) is 1. The molecule has 1 unspecified atom stereocenters. The highest BCUT2D eigenvalue weighted by atomic mass is 16.1. The molecule has 5 nitrogen and oxygen atoms in total. The predicted molar refractivity (Wildman–Crippen MR) is 96.3 cm³/mol. The van der Waals surface area contributed by atoms with Crippen LogP contribution in [0.25, 0.3) is 0 Å². The van der Waals surface area contributed by atoms with Gasteiger partial charge < -0.3 is 10.6 Å². The number of amides is 2. The van der Waals surface area contributed by atoms with Crippen molar-refractivity contribution in [3.05, 3.63) is 36.1 Å². The van der Waals surface area contributed by atoms with Gasteiger partial charge in [-0.15, -0.1) is 0 Å². The van der Waals surface area contributed by atoms with Gasteiger partial charge in [0.05, 0.1) is 0 Å². The second-order valence-electron chi connectivity index (χ2n) is 6.53. The largest absolute Gasteiger partial charge is 0.355 e. The first-order valence-corrected chi connectivity index (χ1v) is 8.99. The highest BCUT2D eigenvalue weighted by Gasteiger charge is 2.13. The minimum Gasteiger partial charge on any atom is -0.355 e. The van der Waals surface area contributed by atoms with E-state index in [1.807, 2.05) is 6.08 Å². The van der Waals surface area contributed by atoms with Gasteiger partial charge in [0.25, 0.3) is 0 Å². The Kier molecular flexibility index (Phi) is 8.32. The number of piperidine rings is 1. The normalized spacial score (nSPS) is 28.9. The molecule has 2 N–H and O–H groups in total. The summed E-state index contributed by atoms with van der Waals surface area (Å²) in [4.78, 5) is 25.1. The molecule has 0 saturated carbocycles. The molecule has 2 aliphatic rings. The number of hydrogen-bond acceptors (Lipinski definition) is 3. The fourth-order valence-corrected chi connectivity index (χ4v) is 3.19. The van der Waals surface area contributed by atoms with Crippen molar-refractivity contribution in [1.82, 2.24) is 15.5 Å². The average molecular weight is 331 g/mol. The minimum atomic E-state index is -0.109. The van der Waals surface area contributed by atoms with Gasteiger partial charge in [-0.2, -0.15) is 0 Å². The highest BCUT2D eigenvalue weighted by molar-refractivity contribution is 5.77. The monoisotopic (exact) mass is 331 g/mol. The van der Waals surface area contributed by atoms with E-state index in [2.05, 4.69) is 33.8 Å². The van der Waals surface area contributed by atoms with Crippen molar-refractivity contribution < 1.29 is 9.59 Å². The summed E-state index contributed by atoms with van der Waals surface area (Å²) < 4.78 is 0. The van der Waals surface area contributed by atoms with E-state index in [1.54, 1.807) is 6.20 Å².